The van der Waals surface area contributed by atoms with Gasteiger partial charge < -0.3 is 14.8 Å². The van der Waals surface area contributed by atoms with E-state index in [-0.39, 0.29) is 19.1 Å². The second-order valence-electron chi connectivity index (χ2n) is 4.34. The van der Waals surface area contributed by atoms with Crippen LogP contribution in [0.5, 0.6) is 0 Å². The van der Waals surface area contributed by atoms with Gasteiger partial charge in [0.2, 0.25) is 5.91 Å². The van der Waals surface area contributed by atoms with E-state index in [1.54, 1.807) is 31.2 Å². The zero-order valence-electron chi connectivity index (χ0n) is 11.7. The first kappa shape index (κ1) is 17.5. The third kappa shape index (κ3) is 8.31. The average Bonchev–Trinajstić information content (AvgIpc) is 2.43. The smallest absolute Gasteiger partial charge is 0.372 e. The molecular formula is C14H18F3NO3. The molecule has 1 aromatic carbocycles. The van der Waals surface area contributed by atoms with Crippen LogP contribution in [0.25, 0.3) is 0 Å². The third-order valence-electron chi connectivity index (χ3n) is 2.48. The third-order valence-corrected chi connectivity index (χ3v) is 2.48. The molecule has 0 unspecified atom stereocenters. The average molecular weight is 305 g/mol. The topological polar surface area (TPSA) is 47.6 Å². The molecule has 0 spiro atoms. The van der Waals surface area contributed by atoms with E-state index < -0.39 is 12.8 Å². The molecule has 0 fully saturated rings. The van der Waals surface area contributed by atoms with Gasteiger partial charge in [-0.05, 0) is 18.1 Å². The van der Waals surface area contributed by atoms with Crippen LogP contribution in [0.2, 0.25) is 0 Å². The van der Waals surface area contributed by atoms with Crippen LogP contribution < -0.4 is 5.32 Å². The molecule has 4 nitrogen and oxygen atoms in total. The number of hydrogen-bond acceptors (Lipinski definition) is 3. The molecule has 0 saturated carbocycles. The van der Waals surface area contributed by atoms with Crippen molar-refractivity contribution in [2.45, 2.75) is 26.3 Å². The van der Waals surface area contributed by atoms with Crippen molar-refractivity contribution >= 4 is 5.91 Å². The summed E-state index contributed by atoms with van der Waals surface area (Å²) in [6.07, 6.45) is -4.31. The zero-order chi connectivity index (χ0) is 15.7. The number of ether oxygens (including phenoxy) is 2. The van der Waals surface area contributed by atoms with Gasteiger partial charge in [-0.15, -0.1) is 0 Å². The van der Waals surface area contributed by atoms with E-state index >= 15 is 0 Å². The minimum absolute atomic E-state index is 0.0138. The second-order valence-corrected chi connectivity index (χ2v) is 4.34. The van der Waals surface area contributed by atoms with Gasteiger partial charge in [0, 0.05) is 13.2 Å². The molecule has 0 radical (unpaired) electrons. The van der Waals surface area contributed by atoms with Crippen LogP contribution in [-0.2, 0) is 27.4 Å². The largest absolute Gasteiger partial charge is 0.411 e. The molecule has 1 amide bonds. The number of nitrogens with one attached hydrogen (secondary N) is 1. The fraction of sp³-hybridized carbons (Fsp3) is 0.500. The van der Waals surface area contributed by atoms with Crippen molar-refractivity contribution in [3.8, 4) is 0 Å². The summed E-state index contributed by atoms with van der Waals surface area (Å²) >= 11 is 0. The predicted molar refractivity (Wildman–Crippen MR) is 70.5 cm³/mol. The second kappa shape index (κ2) is 8.63. The molecule has 21 heavy (non-hydrogen) atoms. The van der Waals surface area contributed by atoms with Crippen LogP contribution >= 0.6 is 0 Å². The van der Waals surface area contributed by atoms with E-state index in [0.717, 1.165) is 5.56 Å². The molecule has 0 bridgehead atoms. The summed E-state index contributed by atoms with van der Waals surface area (Å²) in [7, 11) is 0. The van der Waals surface area contributed by atoms with Crippen LogP contribution in [0.1, 0.15) is 18.1 Å². The highest BCUT2D eigenvalue weighted by Gasteiger charge is 2.27. The zero-order valence-corrected chi connectivity index (χ0v) is 11.7. The summed E-state index contributed by atoms with van der Waals surface area (Å²) in [5, 5.41) is 2.67. The summed E-state index contributed by atoms with van der Waals surface area (Å²) in [5.74, 6) is -0.213. The first-order chi connectivity index (χ1) is 9.90. The number of hydrogen-bond donors (Lipinski definition) is 1. The van der Waals surface area contributed by atoms with E-state index in [1.165, 1.54) is 0 Å². The maximum Gasteiger partial charge on any atom is 0.411 e. The number of alkyl halides is 3. The lowest BCUT2D eigenvalue weighted by atomic mass is 10.1. The number of carbonyl (C=O) groups excluding carboxylic acids is 1. The molecule has 7 heteroatoms. The normalized spacial score (nSPS) is 11.4. The fourth-order valence-corrected chi connectivity index (χ4v) is 1.48. The summed E-state index contributed by atoms with van der Waals surface area (Å²) in [6, 6.07) is 6.79. The van der Waals surface area contributed by atoms with Crippen LogP contribution in [0.4, 0.5) is 13.2 Å². The van der Waals surface area contributed by atoms with E-state index in [0.29, 0.717) is 18.7 Å². The van der Waals surface area contributed by atoms with Gasteiger partial charge in [-0.1, -0.05) is 24.3 Å². The summed E-state index contributed by atoms with van der Waals surface area (Å²) in [5.41, 5.74) is 1.49. The number of amides is 1. The Hall–Kier alpha value is -1.60. The molecule has 0 aliphatic heterocycles. The molecule has 0 aliphatic carbocycles. The molecular weight excluding hydrogens is 287 g/mol. The molecule has 0 saturated heterocycles. The van der Waals surface area contributed by atoms with Crippen molar-refractivity contribution in [3.05, 3.63) is 35.4 Å². The van der Waals surface area contributed by atoms with E-state index in [2.05, 4.69) is 10.1 Å². The standard InChI is InChI=1S/C14H18F3NO3/c1-2-20-9-13(19)18-7-11-3-5-12(6-4-11)8-21-10-14(15,16)17/h3-6H,2,7-10H2,1H3,(H,18,19). The maximum atomic E-state index is 11.9. The highest BCUT2D eigenvalue weighted by atomic mass is 19.4. The Morgan fingerprint density at radius 2 is 1.76 bits per heavy atom. The minimum atomic E-state index is -4.31. The number of halogens is 3. The van der Waals surface area contributed by atoms with Gasteiger partial charge in [0.15, 0.2) is 0 Å². The summed E-state index contributed by atoms with van der Waals surface area (Å²) < 4.78 is 45.2. The van der Waals surface area contributed by atoms with Gasteiger partial charge in [0.25, 0.3) is 0 Å². The van der Waals surface area contributed by atoms with Crippen molar-refractivity contribution < 1.29 is 27.4 Å². The van der Waals surface area contributed by atoms with Crippen LogP contribution in [-0.4, -0.2) is 31.9 Å². The molecule has 1 N–H and O–H groups in total. The Kier molecular flexibility index (Phi) is 7.18. The summed E-state index contributed by atoms with van der Waals surface area (Å²) in [4.78, 5) is 11.3. The van der Waals surface area contributed by atoms with Gasteiger partial charge >= 0.3 is 6.18 Å². The van der Waals surface area contributed by atoms with Gasteiger partial charge in [0.05, 0.1) is 6.61 Å². The quantitative estimate of drug-likeness (QED) is 0.802. The lowest BCUT2D eigenvalue weighted by molar-refractivity contribution is -0.176. The number of rotatable bonds is 8. The Morgan fingerprint density at radius 1 is 1.14 bits per heavy atom. The number of carbonyl (C=O) groups is 1. The first-order valence-corrected chi connectivity index (χ1v) is 6.47. The molecule has 1 rings (SSSR count). The predicted octanol–water partition coefficient (Wildman–Crippen LogP) is 2.42. The molecule has 118 valence electrons. The van der Waals surface area contributed by atoms with Crippen LogP contribution in [0.3, 0.4) is 0 Å². The minimum Gasteiger partial charge on any atom is -0.372 e. The van der Waals surface area contributed by atoms with E-state index in [4.69, 9.17) is 4.74 Å². The van der Waals surface area contributed by atoms with Gasteiger partial charge in [-0.25, -0.2) is 0 Å². The maximum absolute atomic E-state index is 11.9. The van der Waals surface area contributed by atoms with E-state index in [1.807, 2.05) is 0 Å². The van der Waals surface area contributed by atoms with Gasteiger partial charge in [-0.3, -0.25) is 4.79 Å². The Balaban J connectivity index is 2.31. The lowest BCUT2D eigenvalue weighted by Crippen LogP contribution is -2.27. The SMILES string of the molecule is CCOCC(=O)NCc1ccc(COCC(F)(F)F)cc1. The Bertz CT molecular complexity index is 432. The van der Waals surface area contributed by atoms with Crippen LogP contribution in [0.15, 0.2) is 24.3 Å². The fourth-order valence-electron chi connectivity index (χ4n) is 1.48. The molecule has 1 aromatic rings. The number of benzene rings is 1. The van der Waals surface area contributed by atoms with Crippen molar-refractivity contribution in [2.24, 2.45) is 0 Å². The Morgan fingerprint density at radius 3 is 2.33 bits per heavy atom. The summed E-state index contributed by atoms with van der Waals surface area (Å²) in [6.45, 7) is 1.26. The highest BCUT2D eigenvalue weighted by molar-refractivity contribution is 5.77. The van der Waals surface area contributed by atoms with Crippen molar-refractivity contribution in [3.63, 3.8) is 0 Å². The highest BCUT2D eigenvalue weighted by Crippen LogP contribution is 2.15. The monoisotopic (exact) mass is 305 g/mol. The van der Waals surface area contributed by atoms with Crippen molar-refractivity contribution in [2.75, 3.05) is 19.8 Å². The van der Waals surface area contributed by atoms with Crippen LogP contribution in [0, 0.1) is 0 Å². The van der Waals surface area contributed by atoms with Crippen molar-refractivity contribution in [1.82, 2.24) is 5.32 Å². The molecule has 0 aliphatic rings. The molecule has 0 atom stereocenters. The van der Waals surface area contributed by atoms with Gasteiger partial charge in [0.1, 0.15) is 13.2 Å². The Labute approximate surface area is 121 Å². The lowest BCUT2D eigenvalue weighted by Gasteiger charge is -2.09. The molecule has 0 aromatic heterocycles. The first-order valence-electron chi connectivity index (χ1n) is 6.47. The van der Waals surface area contributed by atoms with Crippen molar-refractivity contribution in [1.29, 1.82) is 0 Å². The molecule has 0 heterocycles. The van der Waals surface area contributed by atoms with Gasteiger partial charge in [-0.2, -0.15) is 13.2 Å². The van der Waals surface area contributed by atoms with E-state index in [9.17, 15) is 18.0 Å².